The molecule has 2 heterocycles. The van der Waals surface area contributed by atoms with Gasteiger partial charge in [0.25, 0.3) is 5.91 Å². The minimum Gasteiger partial charge on any atom is -0.380 e. The highest BCUT2D eigenvalue weighted by Crippen LogP contribution is 2.16. The zero-order chi connectivity index (χ0) is 16.1. The van der Waals surface area contributed by atoms with Crippen molar-refractivity contribution >= 4 is 27.5 Å². The fourth-order valence-electron chi connectivity index (χ4n) is 2.22. The number of nitrogens with zero attached hydrogens (tertiary/aromatic N) is 5. The van der Waals surface area contributed by atoms with Crippen molar-refractivity contribution in [1.29, 1.82) is 0 Å². The smallest absolute Gasteiger partial charge is 0.270 e. The van der Waals surface area contributed by atoms with Crippen LogP contribution in [-0.2, 0) is 22.6 Å². The maximum Gasteiger partial charge on any atom is 0.270 e. The molecule has 8 heteroatoms. The highest BCUT2D eigenvalue weighted by Gasteiger charge is 2.08. The molecule has 0 saturated heterocycles. The van der Waals surface area contributed by atoms with Crippen molar-refractivity contribution in [1.82, 2.24) is 19.3 Å². The van der Waals surface area contributed by atoms with E-state index in [0.29, 0.717) is 24.6 Å². The summed E-state index contributed by atoms with van der Waals surface area (Å²) in [4.78, 5) is 20.9. The van der Waals surface area contributed by atoms with Gasteiger partial charge in [0.1, 0.15) is 19.2 Å². The van der Waals surface area contributed by atoms with Gasteiger partial charge in [-0.15, -0.1) is 0 Å². The Labute approximate surface area is 136 Å². The zero-order valence-electron chi connectivity index (χ0n) is 12.8. The van der Waals surface area contributed by atoms with Gasteiger partial charge in [0, 0.05) is 13.2 Å². The van der Waals surface area contributed by atoms with Gasteiger partial charge < -0.3 is 9.30 Å². The molecule has 0 unspecified atom stereocenters. The molecule has 0 aliphatic rings. The fraction of sp³-hybridized carbons (Fsp3) is 0.333. The Bertz CT molecular complexity index is 850. The third-order valence-corrected chi connectivity index (χ3v) is 4.30. The number of hydrogen-bond donors (Lipinski definition) is 0. The van der Waals surface area contributed by atoms with Crippen LogP contribution in [0.25, 0.3) is 10.2 Å². The van der Waals surface area contributed by atoms with Gasteiger partial charge in [0.05, 0.1) is 16.8 Å². The quantitative estimate of drug-likeness (QED) is 0.641. The van der Waals surface area contributed by atoms with Crippen molar-refractivity contribution in [2.24, 2.45) is 4.99 Å². The minimum atomic E-state index is -0.257. The second kappa shape index (κ2) is 7.30. The van der Waals surface area contributed by atoms with Crippen LogP contribution in [0.2, 0.25) is 0 Å². The molecule has 23 heavy (non-hydrogen) atoms. The fourth-order valence-corrected chi connectivity index (χ4v) is 3.29. The van der Waals surface area contributed by atoms with E-state index in [1.165, 1.54) is 28.7 Å². The average Bonchev–Trinajstić information content (AvgIpc) is 3.16. The zero-order valence-corrected chi connectivity index (χ0v) is 13.6. The van der Waals surface area contributed by atoms with Crippen molar-refractivity contribution in [3.8, 4) is 0 Å². The summed E-state index contributed by atoms with van der Waals surface area (Å²) in [5.74, 6) is -0.257. The number of amides is 1. The van der Waals surface area contributed by atoms with Crippen LogP contribution in [0.3, 0.4) is 0 Å². The lowest BCUT2D eigenvalue weighted by Crippen LogP contribution is -2.21. The normalized spacial score (nSPS) is 12.1. The van der Waals surface area contributed by atoms with E-state index in [9.17, 15) is 4.79 Å². The summed E-state index contributed by atoms with van der Waals surface area (Å²) in [6.07, 6.45) is 2.90. The van der Waals surface area contributed by atoms with Crippen molar-refractivity contribution < 1.29 is 9.53 Å². The van der Waals surface area contributed by atoms with Crippen molar-refractivity contribution in [2.45, 2.75) is 20.0 Å². The van der Waals surface area contributed by atoms with Crippen LogP contribution in [0.1, 0.15) is 6.92 Å². The molecule has 120 valence electrons. The molecule has 7 nitrogen and oxygen atoms in total. The first kappa shape index (κ1) is 15.6. The Kier molecular flexibility index (Phi) is 4.94. The van der Waals surface area contributed by atoms with E-state index >= 15 is 0 Å². The van der Waals surface area contributed by atoms with Gasteiger partial charge in [0.15, 0.2) is 4.80 Å². The predicted octanol–water partition coefficient (Wildman–Crippen LogP) is 1.46. The number of benzene rings is 1. The van der Waals surface area contributed by atoms with Crippen LogP contribution >= 0.6 is 11.3 Å². The second-order valence-corrected chi connectivity index (χ2v) is 5.81. The predicted molar refractivity (Wildman–Crippen MR) is 86.9 cm³/mol. The lowest BCUT2D eigenvalue weighted by atomic mass is 10.3. The molecule has 0 aliphatic carbocycles. The number of para-hydroxylation sites is 1. The van der Waals surface area contributed by atoms with Crippen LogP contribution in [0.5, 0.6) is 0 Å². The molecule has 0 fully saturated rings. The van der Waals surface area contributed by atoms with Crippen molar-refractivity contribution in [3.05, 3.63) is 41.7 Å². The third kappa shape index (κ3) is 3.72. The molecular formula is C15H17N5O2S. The molecule has 0 radical (unpaired) electrons. The minimum absolute atomic E-state index is 0.0830. The molecule has 0 saturated carbocycles. The van der Waals surface area contributed by atoms with E-state index in [4.69, 9.17) is 4.74 Å². The molecule has 2 aromatic heterocycles. The van der Waals surface area contributed by atoms with Gasteiger partial charge in [-0.05, 0) is 19.1 Å². The molecule has 1 aromatic carbocycles. The van der Waals surface area contributed by atoms with Gasteiger partial charge in [-0.2, -0.15) is 10.1 Å². The SMILES string of the molecule is CCOCCn1c(=NC(=O)Cn2cncn2)sc2ccccc21. The van der Waals surface area contributed by atoms with Crippen LogP contribution in [-0.4, -0.2) is 38.5 Å². The van der Waals surface area contributed by atoms with Crippen LogP contribution in [0.4, 0.5) is 0 Å². The molecule has 0 atom stereocenters. The van der Waals surface area contributed by atoms with Gasteiger partial charge in [-0.3, -0.25) is 4.79 Å². The average molecular weight is 331 g/mol. The standard InChI is InChI=1S/C15H17N5O2S/c1-2-22-8-7-20-12-5-3-4-6-13(12)23-15(20)18-14(21)9-19-11-16-10-17-19/h3-6,10-11H,2,7-9H2,1H3. The first-order valence-corrected chi connectivity index (χ1v) is 8.15. The summed E-state index contributed by atoms with van der Waals surface area (Å²) in [5.41, 5.74) is 1.06. The molecule has 0 bridgehead atoms. The van der Waals surface area contributed by atoms with Crippen LogP contribution in [0, 0.1) is 0 Å². The lowest BCUT2D eigenvalue weighted by molar-refractivity contribution is -0.118. The number of thiazole rings is 1. The Morgan fingerprint density at radius 1 is 1.39 bits per heavy atom. The summed E-state index contributed by atoms with van der Waals surface area (Å²) >= 11 is 1.50. The third-order valence-electron chi connectivity index (χ3n) is 3.24. The van der Waals surface area contributed by atoms with Gasteiger partial charge in [-0.1, -0.05) is 23.5 Å². The van der Waals surface area contributed by atoms with Crippen LogP contribution < -0.4 is 4.80 Å². The second-order valence-electron chi connectivity index (χ2n) is 4.80. The van der Waals surface area contributed by atoms with Gasteiger partial charge in [0.2, 0.25) is 0 Å². The Morgan fingerprint density at radius 2 is 2.26 bits per heavy atom. The van der Waals surface area contributed by atoms with E-state index in [1.807, 2.05) is 35.8 Å². The molecule has 3 rings (SSSR count). The number of hydrogen-bond acceptors (Lipinski definition) is 5. The van der Waals surface area contributed by atoms with E-state index in [-0.39, 0.29) is 12.5 Å². The highest BCUT2D eigenvalue weighted by atomic mass is 32.1. The Balaban J connectivity index is 1.93. The summed E-state index contributed by atoms with van der Waals surface area (Å²) in [6.45, 7) is 3.96. The Hall–Kier alpha value is -2.32. The highest BCUT2D eigenvalue weighted by molar-refractivity contribution is 7.16. The van der Waals surface area contributed by atoms with Crippen molar-refractivity contribution in [3.63, 3.8) is 0 Å². The monoisotopic (exact) mass is 331 g/mol. The molecule has 0 N–H and O–H groups in total. The van der Waals surface area contributed by atoms with Gasteiger partial charge in [-0.25, -0.2) is 9.67 Å². The van der Waals surface area contributed by atoms with Crippen molar-refractivity contribution in [2.75, 3.05) is 13.2 Å². The van der Waals surface area contributed by atoms with E-state index in [1.54, 1.807) is 0 Å². The van der Waals surface area contributed by atoms with Crippen LogP contribution in [0.15, 0.2) is 41.9 Å². The number of fused-ring (bicyclic) bond motifs is 1. The largest absolute Gasteiger partial charge is 0.380 e. The topological polar surface area (TPSA) is 74.3 Å². The lowest BCUT2D eigenvalue weighted by Gasteiger charge is -2.05. The van der Waals surface area contributed by atoms with Gasteiger partial charge >= 0.3 is 0 Å². The molecular weight excluding hydrogens is 314 g/mol. The maximum atomic E-state index is 12.1. The maximum absolute atomic E-state index is 12.1. The first-order valence-electron chi connectivity index (χ1n) is 7.34. The number of ether oxygens (including phenoxy) is 1. The Morgan fingerprint density at radius 3 is 3.04 bits per heavy atom. The summed E-state index contributed by atoms with van der Waals surface area (Å²) in [7, 11) is 0. The number of rotatable bonds is 6. The molecule has 1 amide bonds. The number of carbonyl (C=O) groups excluding carboxylic acids is 1. The van der Waals surface area contributed by atoms with E-state index in [0.717, 1.165) is 10.2 Å². The first-order chi connectivity index (χ1) is 11.3. The molecule has 0 aliphatic heterocycles. The molecule has 0 spiro atoms. The summed E-state index contributed by atoms with van der Waals surface area (Å²) in [5, 5.41) is 3.93. The number of carbonyl (C=O) groups is 1. The summed E-state index contributed by atoms with van der Waals surface area (Å²) in [6, 6.07) is 8.01. The van der Waals surface area contributed by atoms with E-state index in [2.05, 4.69) is 15.1 Å². The molecule has 3 aromatic rings. The van der Waals surface area contributed by atoms with E-state index < -0.39 is 0 Å². The summed E-state index contributed by atoms with van der Waals surface area (Å²) < 4.78 is 10.0. The number of aromatic nitrogens is 4.